The van der Waals surface area contributed by atoms with Crippen molar-refractivity contribution in [2.45, 2.75) is 31.0 Å². The van der Waals surface area contributed by atoms with Gasteiger partial charge in [0.15, 0.2) is 5.78 Å². The molecule has 0 spiro atoms. The molecule has 1 rings (SSSR count). The molecule has 0 aromatic carbocycles. The Kier molecular flexibility index (Phi) is 4.32. The second-order valence-corrected chi connectivity index (χ2v) is 6.13. The van der Waals surface area contributed by atoms with Gasteiger partial charge >= 0.3 is 0 Å². The fraction of sp³-hybridized carbons (Fsp3) is 0.667. The van der Waals surface area contributed by atoms with E-state index in [1.165, 1.54) is 0 Å². The first-order chi connectivity index (χ1) is 6.09. The molecule has 1 N–H and O–H groups in total. The van der Waals surface area contributed by atoms with Crippen LogP contribution in [0.4, 0.5) is 0 Å². The van der Waals surface area contributed by atoms with Gasteiger partial charge < -0.3 is 5.32 Å². The van der Waals surface area contributed by atoms with Crippen molar-refractivity contribution in [3.8, 4) is 0 Å². The molecule has 0 saturated heterocycles. The van der Waals surface area contributed by atoms with Crippen molar-refractivity contribution >= 4 is 33.5 Å². The van der Waals surface area contributed by atoms with Gasteiger partial charge in [0.1, 0.15) is 4.28 Å². The summed E-state index contributed by atoms with van der Waals surface area (Å²) < 4.78 is 0.172. The van der Waals surface area contributed by atoms with Crippen LogP contribution in [0, 0.1) is 5.92 Å². The number of allylic oxidation sites excluding steroid dienone is 1. The van der Waals surface area contributed by atoms with Crippen LogP contribution in [-0.4, -0.2) is 10.1 Å². The highest BCUT2D eigenvalue weighted by molar-refractivity contribution is 9.11. The fourth-order valence-corrected chi connectivity index (χ4v) is 2.47. The van der Waals surface area contributed by atoms with Gasteiger partial charge in [-0.15, -0.1) is 0 Å². The average Bonchev–Trinajstić information content (AvgIpc) is 2.47. The molecule has 0 saturated carbocycles. The van der Waals surface area contributed by atoms with Crippen molar-refractivity contribution in [3.05, 3.63) is 11.1 Å². The molecule has 0 aromatic heterocycles. The number of Topliss-reactive ketones (excluding diaryl/α,β-unsaturated/α-hetero) is 1. The second kappa shape index (κ2) is 5.05. The van der Waals surface area contributed by atoms with Gasteiger partial charge in [-0.05, 0) is 12.3 Å². The predicted molar refractivity (Wildman–Crippen MR) is 60.6 cm³/mol. The number of alkyl halides is 1. The highest BCUT2D eigenvalue weighted by atomic mass is 79.9. The minimum absolute atomic E-state index is 0.172. The number of nitrogens with one attached hydrogen (secondary N) is 1. The molecule has 13 heavy (non-hydrogen) atoms. The summed E-state index contributed by atoms with van der Waals surface area (Å²) in [4.78, 5) is 12.4. The third-order valence-corrected chi connectivity index (χ3v) is 3.57. The van der Waals surface area contributed by atoms with Crippen LogP contribution in [0.2, 0.25) is 0 Å². The van der Waals surface area contributed by atoms with Crippen molar-refractivity contribution in [1.29, 1.82) is 0 Å². The van der Waals surface area contributed by atoms with E-state index in [2.05, 4.69) is 35.1 Å². The van der Waals surface area contributed by atoms with E-state index in [4.69, 9.17) is 0 Å². The third kappa shape index (κ3) is 3.73. The molecular weight excluding hydrogens is 250 g/mol. The van der Waals surface area contributed by atoms with Gasteiger partial charge in [0.25, 0.3) is 0 Å². The first kappa shape index (κ1) is 11.1. The normalized spacial score (nSPS) is 21.5. The minimum Gasteiger partial charge on any atom is -0.369 e. The molecule has 2 nitrogen and oxygen atoms in total. The Labute approximate surface area is 91.7 Å². The molecule has 1 heterocycles. The van der Waals surface area contributed by atoms with Gasteiger partial charge in [0.2, 0.25) is 0 Å². The van der Waals surface area contributed by atoms with Gasteiger partial charge in [-0.25, -0.2) is 0 Å². The maximum Gasteiger partial charge on any atom is 0.170 e. The van der Waals surface area contributed by atoms with Crippen molar-refractivity contribution in [2.75, 3.05) is 0 Å². The molecule has 0 bridgehead atoms. The molecule has 4 heteroatoms. The number of hydrogen-bond acceptors (Lipinski definition) is 3. The summed E-state index contributed by atoms with van der Waals surface area (Å²) in [5.74, 6) is 0.858. The maximum absolute atomic E-state index is 11.5. The Balaban J connectivity index is 2.32. The zero-order chi connectivity index (χ0) is 9.84. The summed E-state index contributed by atoms with van der Waals surface area (Å²) in [5, 5.41) is 3.03. The molecule has 0 radical (unpaired) electrons. The largest absolute Gasteiger partial charge is 0.369 e. The first-order valence-electron chi connectivity index (χ1n) is 4.39. The van der Waals surface area contributed by atoms with Crippen LogP contribution in [0.15, 0.2) is 11.1 Å². The Hall–Kier alpha value is 0.0400. The summed E-state index contributed by atoms with van der Waals surface area (Å²) in [6, 6.07) is 0. The van der Waals surface area contributed by atoms with Crippen LogP contribution >= 0.6 is 27.7 Å². The van der Waals surface area contributed by atoms with Crippen LogP contribution < -0.4 is 5.32 Å². The van der Waals surface area contributed by atoms with Gasteiger partial charge in [-0.2, -0.15) is 0 Å². The first-order valence-corrected chi connectivity index (χ1v) is 6.19. The summed E-state index contributed by atoms with van der Waals surface area (Å²) in [6.45, 7) is 4.27. The topological polar surface area (TPSA) is 29.1 Å². The summed E-state index contributed by atoms with van der Waals surface area (Å²) in [7, 11) is 0. The number of carbonyl (C=O) groups is 1. The highest BCUT2D eigenvalue weighted by Crippen LogP contribution is 2.30. The van der Waals surface area contributed by atoms with E-state index in [-0.39, 0.29) is 10.1 Å². The lowest BCUT2D eigenvalue weighted by atomic mass is 10.1. The number of ketones is 1. The molecule has 1 aliphatic rings. The minimum atomic E-state index is 0.172. The second-order valence-electron chi connectivity index (χ2n) is 3.46. The van der Waals surface area contributed by atoms with E-state index < -0.39 is 0 Å². The zero-order valence-corrected chi connectivity index (χ0v) is 10.2. The van der Waals surface area contributed by atoms with Crippen molar-refractivity contribution in [2.24, 2.45) is 5.92 Å². The lowest BCUT2D eigenvalue weighted by Crippen LogP contribution is -2.05. The van der Waals surface area contributed by atoms with Crippen molar-refractivity contribution in [1.82, 2.24) is 5.32 Å². The van der Waals surface area contributed by atoms with Crippen LogP contribution in [0.25, 0.3) is 0 Å². The average molecular weight is 264 g/mol. The molecule has 1 aliphatic heterocycles. The van der Waals surface area contributed by atoms with E-state index >= 15 is 0 Å². The number of halogens is 1. The molecule has 1 unspecified atom stereocenters. The summed E-state index contributed by atoms with van der Waals surface area (Å²) >= 11 is 4.92. The lowest BCUT2D eigenvalue weighted by molar-refractivity contribution is -0.115. The monoisotopic (exact) mass is 263 g/mol. The molecule has 0 aromatic rings. The van der Waals surface area contributed by atoms with Gasteiger partial charge in [0.05, 0.1) is 4.91 Å². The lowest BCUT2D eigenvalue weighted by Gasteiger charge is -2.03. The number of hydrogen-bond donors (Lipinski definition) is 1. The van der Waals surface area contributed by atoms with Crippen LogP contribution in [0.5, 0.6) is 0 Å². The van der Waals surface area contributed by atoms with E-state index in [9.17, 15) is 4.79 Å². The summed E-state index contributed by atoms with van der Waals surface area (Å²) in [6.07, 6.45) is 3.44. The Morgan fingerprint density at radius 1 is 1.77 bits per heavy atom. The van der Waals surface area contributed by atoms with E-state index in [0.717, 1.165) is 11.3 Å². The van der Waals surface area contributed by atoms with Crippen LogP contribution in [-0.2, 0) is 4.79 Å². The van der Waals surface area contributed by atoms with Crippen molar-refractivity contribution < 1.29 is 4.79 Å². The van der Waals surface area contributed by atoms with Crippen LogP contribution in [0.3, 0.4) is 0 Å². The molecule has 0 fully saturated rings. The zero-order valence-electron chi connectivity index (χ0n) is 7.84. The Morgan fingerprint density at radius 3 is 2.92 bits per heavy atom. The standard InChI is InChI=1S/C9H14BrNOS/c1-6(2)3-4-7(12)8-5-11-9(10)13-8/h5-6,9,11H,3-4H2,1-2H3. The number of carbonyl (C=O) groups excluding carboxylic acids is 1. The highest BCUT2D eigenvalue weighted by Gasteiger charge is 2.19. The Morgan fingerprint density at radius 2 is 2.46 bits per heavy atom. The smallest absolute Gasteiger partial charge is 0.170 e. The fourth-order valence-electron chi connectivity index (χ4n) is 1.01. The molecule has 1 atom stereocenters. The van der Waals surface area contributed by atoms with Crippen molar-refractivity contribution in [3.63, 3.8) is 0 Å². The number of rotatable bonds is 4. The SMILES string of the molecule is CC(C)CCC(=O)C1=CNC(Br)S1. The van der Waals surface area contributed by atoms with E-state index in [1.807, 2.05) is 0 Å². The molecule has 74 valence electrons. The Bertz CT molecular complexity index is 228. The predicted octanol–water partition coefficient (Wildman–Crippen LogP) is 2.85. The molecular formula is C9H14BrNOS. The third-order valence-electron chi connectivity index (χ3n) is 1.80. The quantitative estimate of drug-likeness (QED) is 0.625. The van der Waals surface area contributed by atoms with Gasteiger partial charge in [-0.3, -0.25) is 4.79 Å². The maximum atomic E-state index is 11.5. The van der Waals surface area contributed by atoms with Gasteiger partial charge in [-0.1, -0.05) is 41.5 Å². The molecule has 0 aliphatic carbocycles. The summed E-state index contributed by atoms with van der Waals surface area (Å²) in [5.41, 5.74) is 0. The molecule has 0 amide bonds. The number of thioether (sulfide) groups is 1. The van der Waals surface area contributed by atoms with E-state index in [1.54, 1.807) is 18.0 Å². The van der Waals surface area contributed by atoms with E-state index in [0.29, 0.717) is 12.3 Å². The van der Waals surface area contributed by atoms with Crippen LogP contribution in [0.1, 0.15) is 26.7 Å². The van der Waals surface area contributed by atoms with Gasteiger partial charge in [0, 0.05) is 12.6 Å².